The quantitative estimate of drug-likeness (QED) is 0.396. The van der Waals surface area contributed by atoms with Crippen molar-refractivity contribution in [3.05, 3.63) is 83.4 Å². The number of aromatic amines is 1. The summed E-state index contributed by atoms with van der Waals surface area (Å²) in [4.78, 5) is 32.2. The zero-order valence-corrected chi connectivity index (χ0v) is 17.6. The maximum Gasteiger partial charge on any atom is 0.226 e. The van der Waals surface area contributed by atoms with E-state index < -0.39 is 6.04 Å². The maximum absolute atomic E-state index is 12.7. The molecule has 0 bridgehead atoms. The van der Waals surface area contributed by atoms with Crippen LogP contribution in [-0.2, 0) is 9.59 Å². The molecule has 1 aromatic heterocycles. The Balaban J connectivity index is 1.50. The highest BCUT2D eigenvalue weighted by Crippen LogP contribution is 2.24. The van der Waals surface area contributed by atoms with E-state index >= 15 is 0 Å². The molecule has 1 atom stereocenters. The summed E-state index contributed by atoms with van der Waals surface area (Å²) in [6, 6.07) is 21.9. The summed E-state index contributed by atoms with van der Waals surface area (Å²) in [6.45, 7) is 1.43. The number of benzene rings is 3. The zero-order chi connectivity index (χ0) is 21.8. The van der Waals surface area contributed by atoms with Gasteiger partial charge in [-0.3, -0.25) is 9.59 Å². The highest BCUT2D eigenvalue weighted by atomic mass is 35.5. The zero-order valence-electron chi connectivity index (χ0n) is 16.9. The van der Waals surface area contributed by atoms with Gasteiger partial charge >= 0.3 is 0 Å². The molecule has 0 aliphatic carbocycles. The maximum atomic E-state index is 12.7. The molecule has 4 rings (SSSR count). The number of hydrogen-bond acceptors (Lipinski definition) is 3. The highest BCUT2D eigenvalue weighted by Gasteiger charge is 2.17. The third-order valence-corrected chi connectivity index (χ3v) is 5.10. The summed E-state index contributed by atoms with van der Waals surface area (Å²) in [5.74, 6) is 0.310. The van der Waals surface area contributed by atoms with Crippen LogP contribution in [0.25, 0.3) is 22.4 Å². The molecule has 3 N–H and O–H groups in total. The molecule has 0 saturated carbocycles. The van der Waals surface area contributed by atoms with Crippen molar-refractivity contribution in [2.24, 2.45) is 0 Å². The second-order valence-electron chi connectivity index (χ2n) is 7.24. The van der Waals surface area contributed by atoms with Gasteiger partial charge in [-0.25, -0.2) is 4.98 Å². The van der Waals surface area contributed by atoms with Crippen LogP contribution in [0, 0.1) is 0 Å². The monoisotopic (exact) mass is 432 g/mol. The number of para-hydroxylation sites is 2. The second-order valence-corrected chi connectivity index (χ2v) is 7.68. The third-order valence-electron chi connectivity index (χ3n) is 4.85. The number of H-pyrrole nitrogens is 1. The van der Waals surface area contributed by atoms with E-state index in [1.807, 2.05) is 48.5 Å². The van der Waals surface area contributed by atoms with Crippen LogP contribution >= 0.6 is 11.6 Å². The van der Waals surface area contributed by atoms with Crippen molar-refractivity contribution in [2.75, 3.05) is 5.32 Å². The lowest BCUT2D eigenvalue weighted by atomic mass is 10.0. The molecule has 3 aromatic carbocycles. The van der Waals surface area contributed by atoms with Gasteiger partial charge in [-0.1, -0.05) is 48.0 Å². The Bertz CT molecular complexity index is 1200. The highest BCUT2D eigenvalue weighted by molar-refractivity contribution is 6.30. The Labute approximate surface area is 184 Å². The third kappa shape index (κ3) is 5.10. The molecule has 0 spiro atoms. The van der Waals surface area contributed by atoms with E-state index in [0.717, 1.165) is 28.0 Å². The number of hydrogen-bond donors (Lipinski definition) is 3. The minimum atomic E-state index is -0.451. The predicted octanol–water partition coefficient (Wildman–Crippen LogP) is 5.09. The lowest BCUT2D eigenvalue weighted by molar-refractivity contribution is -0.120. The fourth-order valence-electron chi connectivity index (χ4n) is 3.42. The molecule has 2 amide bonds. The van der Waals surface area contributed by atoms with Crippen molar-refractivity contribution in [1.29, 1.82) is 0 Å². The SMILES string of the molecule is CC(=O)NC(CC(=O)Nc1cccc(-c2nc3ccccc3[nH]2)c1)c1ccc(Cl)cc1. The summed E-state index contributed by atoms with van der Waals surface area (Å²) in [7, 11) is 0. The van der Waals surface area contributed by atoms with Gasteiger partial charge in [0.15, 0.2) is 0 Å². The van der Waals surface area contributed by atoms with E-state index in [-0.39, 0.29) is 18.2 Å². The standard InChI is InChI=1S/C24H21ClN4O2/c1-15(30)26-22(16-9-11-18(25)12-10-16)14-23(31)27-19-6-4-5-17(13-19)24-28-20-7-2-3-8-21(20)29-24/h2-13,22H,14H2,1H3,(H,26,30)(H,27,31)(H,28,29). The lowest BCUT2D eigenvalue weighted by Gasteiger charge is -2.18. The van der Waals surface area contributed by atoms with Gasteiger partial charge in [-0.2, -0.15) is 0 Å². The number of imidazole rings is 1. The summed E-state index contributed by atoms with van der Waals surface area (Å²) in [5.41, 5.74) is 4.16. The van der Waals surface area contributed by atoms with Gasteiger partial charge in [0.2, 0.25) is 11.8 Å². The van der Waals surface area contributed by atoms with Crippen LogP contribution in [0.1, 0.15) is 24.9 Å². The number of rotatable bonds is 6. The van der Waals surface area contributed by atoms with E-state index in [1.165, 1.54) is 6.92 Å². The van der Waals surface area contributed by atoms with Gasteiger partial charge in [-0.05, 0) is 42.0 Å². The minimum absolute atomic E-state index is 0.0933. The molecule has 6 nitrogen and oxygen atoms in total. The van der Waals surface area contributed by atoms with E-state index in [0.29, 0.717) is 10.7 Å². The number of carbonyl (C=O) groups excluding carboxylic acids is 2. The first-order chi connectivity index (χ1) is 15.0. The second kappa shape index (κ2) is 9.02. The van der Waals surface area contributed by atoms with Crippen LogP contribution in [0.15, 0.2) is 72.8 Å². The lowest BCUT2D eigenvalue weighted by Crippen LogP contribution is -2.29. The number of halogens is 1. The van der Waals surface area contributed by atoms with Crippen molar-refractivity contribution in [3.8, 4) is 11.4 Å². The normalized spacial score (nSPS) is 11.8. The fraction of sp³-hybridized carbons (Fsp3) is 0.125. The van der Waals surface area contributed by atoms with Crippen molar-refractivity contribution < 1.29 is 9.59 Å². The summed E-state index contributed by atoms with van der Waals surface area (Å²) in [5, 5.41) is 6.33. The molecular formula is C24H21ClN4O2. The average molecular weight is 433 g/mol. The Morgan fingerprint density at radius 3 is 2.55 bits per heavy atom. The van der Waals surface area contributed by atoms with Gasteiger partial charge in [0.05, 0.1) is 23.5 Å². The number of nitrogens with one attached hydrogen (secondary N) is 3. The van der Waals surface area contributed by atoms with Crippen molar-refractivity contribution in [2.45, 2.75) is 19.4 Å². The molecule has 31 heavy (non-hydrogen) atoms. The minimum Gasteiger partial charge on any atom is -0.349 e. The van der Waals surface area contributed by atoms with Crippen LogP contribution in [-0.4, -0.2) is 21.8 Å². The number of amides is 2. The Morgan fingerprint density at radius 1 is 1.03 bits per heavy atom. The molecule has 0 fully saturated rings. The number of anilines is 1. The Morgan fingerprint density at radius 2 is 1.81 bits per heavy atom. The van der Waals surface area contributed by atoms with Gasteiger partial charge in [0.25, 0.3) is 0 Å². The number of carbonyl (C=O) groups is 2. The predicted molar refractivity (Wildman–Crippen MR) is 123 cm³/mol. The van der Waals surface area contributed by atoms with E-state index in [9.17, 15) is 9.59 Å². The molecule has 7 heteroatoms. The first-order valence-electron chi connectivity index (χ1n) is 9.85. The van der Waals surface area contributed by atoms with Crippen molar-refractivity contribution in [1.82, 2.24) is 15.3 Å². The first-order valence-corrected chi connectivity index (χ1v) is 10.2. The van der Waals surface area contributed by atoms with Gasteiger partial charge < -0.3 is 15.6 Å². The average Bonchev–Trinajstić information content (AvgIpc) is 3.18. The van der Waals surface area contributed by atoms with Crippen LogP contribution in [0.2, 0.25) is 5.02 Å². The molecule has 0 aliphatic heterocycles. The molecular weight excluding hydrogens is 412 g/mol. The van der Waals surface area contributed by atoms with Gasteiger partial charge in [-0.15, -0.1) is 0 Å². The van der Waals surface area contributed by atoms with Crippen molar-refractivity contribution in [3.63, 3.8) is 0 Å². The van der Waals surface area contributed by atoms with Crippen LogP contribution < -0.4 is 10.6 Å². The largest absolute Gasteiger partial charge is 0.349 e. The summed E-state index contributed by atoms with van der Waals surface area (Å²) in [6.07, 6.45) is 0.0933. The van der Waals surface area contributed by atoms with E-state index in [2.05, 4.69) is 20.6 Å². The van der Waals surface area contributed by atoms with Gasteiger partial charge in [0, 0.05) is 23.2 Å². The number of nitrogens with zero attached hydrogens (tertiary/aromatic N) is 1. The van der Waals surface area contributed by atoms with E-state index in [4.69, 9.17) is 11.6 Å². The van der Waals surface area contributed by atoms with Gasteiger partial charge in [0.1, 0.15) is 5.82 Å². The molecule has 0 radical (unpaired) electrons. The smallest absolute Gasteiger partial charge is 0.226 e. The van der Waals surface area contributed by atoms with E-state index in [1.54, 1.807) is 24.3 Å². The molecule has 1 unspecified atom stereocenters. The van der Waals surface area contributed by atoms with Crippen LogP contribution in [0.5, 0.6) is 0 Å². The molecule has 156 valence electrons. The molecule has 0 aliphatic rings. The topological polar surface area (TPSA) is 86.9 Å². The van der Waals surface area contributed by atoms with Crippen molar-refractivity contribution >= 4 is 40.1 Å². The Kier molecular flexibility index (Phi) is 6.00. The Hall–Kier alpha value is -3.64. The fourth-order valence-corrected chi connectivity index (χ4v) is 3.55. The molecule has 1 heterocycles. The van der Waals surface area contributed by atoms with Crippen LogP contribution in [0.4, 0.5) is 5.69 Å². The molecule has 0 saturated heterocycles. The number of aromatic nitrogens is 2. The number of fused-ring (bicyclic) bond motifs is 1. The summed E-state index contributed by atoms with van der Waals surface area (Å²) < 4.78 is 0. The van der Waals surface area contributed by atoms with Crippen LogP contribution in [0.3, 0.4) is 0 Å². The molecule has 4 aromatic rings. The first kappa shape index (κ1) is 20.6. The summed E-state index contributed by atoms with van der Waals surface area (Å²) >= 11 is 5.95.